The number of nitrogens with zero attached hydrogens (tertiary/aromatic N) is 2. The number of carbonyl (C=O) groups is 1. The lowest BCUT2D eigenvalue weighted by Gasteiger charge is -2.03. The number of nitrogens with one attached hydrogen (secondary N) is 1. The molecule has 0 aliphatic carbocycles. The van der Waals surface area contributed by atoms with Crippen molar-refractivity contribution < 1.29 is 13.9 Å². The number of aromatic nitrogens is 2. The molecule has 0 radical (unpaired) electrons. The molecule has 3 aromatic rings. The molecule has 0 aliphatic rings. The van der Waals surface area contributed by atoms with E-state index in [-0.39, 0.29) is 23.3 Å². The van der Waals surface area contributed by atoms with Gasteiger partial charge in [0.15, 0.2) is 5.01 Å². The molecule has 0 saturated carbocycles. The second-order valence-electron chi connectivity index (χ2n) is 5.61. The first-order chi connectivity index (χ1) is 13.5. The summed E-state index contributed by atoms with van der Waals surface area (Å²) in [4.78, 5) is 12.2. The van der Waals surface area contributed by atoms with E-state index in [4.69, 9.17) is 16.3 Å². The zero-order valence-corrected chi connectivity index (χ0v) is 17.7. The Kier molecular flexibility index (Phi) is 6.77. The van der Waals surface area contributed by atoms with Crippen LogP contribution in [0.5, 0.6) is 5.75 Å². The number of benzene rings is 2. The molecule has 9 heteroatoms. The molecule has 3 rings (SSSR count). The van der Waals surface area contributed by atoms with E-state index in [9.17, 15) is 9.18 Å². The Morgan fingerprint density at radius 2 is 1.96 bits per heavy atom. The first-order valence-electron chi connectivity index (χ1n) is 8.03. The van der Waals surface area contributed by atoms with E-state index in [0.29, 0.717) is 15.8 Å². The molecule has 0 spiro atoms. The predicted molar refractivity (Wildman–Crippen MR) is 112 cm³/mol. The van der Waals surface area contributed by atoms with Crippen molar-refractivity contribution in [3.05, 3.63) is 73.9 Å². The van der Waals surface area contributed by atoms with Crippen LogP contribution in [0.25, 0.3) is 11.1 Å². The smallest absolute Gasteiger partial charge is 0.282 e. The van der Waals surface area contributed by atoms with Gasteiger partial charge < -0.3 is 10.1 Å². The van der Waals surface area contributed by atoms with Gasteiger partial charge in [-0.1, -0.05) is 41.1 Å². The van der Waals surface area contributed by atoms with E-state index < -0.39 is 0 Å². The Hall–Kier alpha value is -2.29. The molecule has 2 aromatic carbocycles. The molecule has 0 unspecified atom stereocenters. The number of ether oxygens (including phenoxy) is 1. The summed E-state index contributed by atoms with van der Waals surface area (Å²) in [5.74, 6) is 0.0168. The molecule has 0 atom stereocenters. The van der Waals surface area contributed by atoms with Crippen molar-refractivity contribution in [3.8, 4) is 5.75 Å². The van der Waals surface area contributed by atoms with Gasteiger partial charge in [-0.15, -0.1) is 10.2 Å². The van der Waals surface area contributed by atoms with Crippen LogP contribution >= 0.6 is 38.9 Å². The number of methoxy groups -OCH3 is 1. The van der Waals surface area contributed by atoms with Crippen LogP contribution in [-0.4, -0.2) is 23.2 Å². The molecule has 1 heterocycles. The minimum absolute atomic E-state index is 0.194. The number of carbonyl (C=O) groups excluding carboxylic acids is 1. The zero-order chi connectivity index (χ0) is 20.1. The zero-order valence-electron chi connectivity index (χ0n) is 14.6. The van der Waals surface area contributed by atoms with Crippen LogP contribution in [0.15, 0.2) is 46.9 Å². The van der Waals surface area contributed by atoms with Gasteiger partial charge in [-0.2, -0.15) is 0 Å². The minimum atomic E-state index is -0.371. The summed E-state index contributed by atoms with van der Waals surface area (Å²) in [6.45, 7) is 0.261. The topological polar surface area (TPSA) is 64.1 Å². The average molecular weight is 483 g/mol. The van der Waals surface area contributed by atoms with Crippen LogP contribution in [0.1, 0.15) is 25.9 Å². The van der Waals surface area contributed by atoms with Crippen LogP contribution in [-0.2, 0) is 6.54 Å². The monoisotopic (exact) mass is 481 g/mol. The average Bonchev–Trinajstić information content (AvgIpc) is 3.18. The Labute approximate surface area is 178 Å². The fraction of sp³-hybridized carbons (Fsp3) is 0.105. The van der Waals surface area contributed by atoms with Crippen LogP contribution in [0.4, 0.5) is 4.39 Å². The van der Waals surface area contributed by atoms with Gasteiger partial charge >= 0.3 is 0 Å². The van der Waals surface area contributed by atoms with Gasteiger partial charge in [-0.05, 0) is 57.4 Å². The third-order valence-electron chi connectivity index (χ3n) is 3.66. The molecular weight excluding hydrogens is 469 g/mol. The maximum Gasteiger partial charge on any atom is 0.282 e. The number of rotatable bonds is 6. The van der Waals surface area contributed by atoms with Crippen molar-refractivity contribution in [1.82, 2.24) is 15.5 Å². The molecule has 144 valence electrons. The van der Waals surface area contributed by atoms with E-state index in [1.807, 2.05) is 18.2 Å². The van der Waals surface area contributed by atoms with Gasteiger partial charge in [0.25, 0.3) is 5.91 Å². The third kappa shape index (κ3) is 5.15. The van der Waals surface area contributed by atoms with Gasteiger partial charge in [-0.25, -0.2) is 4.39 Å². The maximum absolute atomic E-state index is 12.9. The molecule has 1 amide bonds. The minimum Gasteiger partial charge on any atom is -0.496 e. The highest BCUT2D eigenvalue weighted by Crippen LogP contribution is 2.29. The van der Waals surface area contributed by atoms with Crippen molar-refractivity contribution in [2.75, 3.05) is 7.11 Å². The SMILES string of the molecule is COc1ccc(/C=C(\Cl)c2nnc(C(=O)NCc3ccc(F)cc3)s2)cc1Br. The first-order valence-corrected chi connectivity index (χ1v) is 10.0. The van der Waals surface area contributed by atoms with E-state index in [2.05, 4.69) is 31.4 Å². The standard InChI is InChI=1S/C19H14BrClFN3O2S/c1-27-16-7-4-12(8-14(16)20)9-15(21)18-24-25-19(28-18)17(26)23-10-11-2-5-13(22)6-3-11/h2-9H,10H2,1H3,(H,23,26)/b15-9-. The van der Waals surface area contributed by atoms with Crippen molar-refractivity contribution in [3.63, 3.8) is 0 Å². The fourth-order valence-corrected chi connectivity index (χ4v) is 3.76. The largest absolute Gasteiger partial charge is 0.496 e. The number of amides is 1. The number of hydrogen-bond acceptors (Lipinski definition) is 5. The summed E-state index contributed by atoms with van der Waals surface area (Å²) >= 11 is 10.8. The molecule has 0 bridgehead atoms. The quantitative estimate of drug-likeness (QED) is 0.530. The highest BCUT2D eigenvalue weighted by molar-refractivity contribution is 9.10. The van der Waals surface area contributed by atoms with Crippen molar-refractivity contribution in [2.24, 2.45) is 0 Å². The van der Waals surface area contributed by atoms with Crippen molar-refractivity contribution in [2.45, 2.75) is 6.54 Å². The van der Waals surface area contributed by atoms with Gasteiger partial charge in [0.1, 0.15) is 11.6 Å². The molecular formula is C19H14BrClFN3O2S. The van der Waals surface area contributed by atoms with Crippen LogP contribution in [0.3, 0.4) is 0 Å². The Balaban J connectivity index is 1.67. The Morgan fingerprint density at radius 1 is 1.25 bits per heavy atom. The molecule has 28 heavy (non-hydrogen) atoms. The van der Waals surface area contributed by atoms with Gasteiger partial charge in [0.05, 0.1) is 16.6 Å². The number of hydrogen-bond donors (Lipinski definition) is 1. The normalized spacial score (nSPS) is 11.4. The highest BCUT2D eigenvalue weighted by atomic mass is 79.9. The Bertz CT molecular complexity index is 1020. The van der Waals surface area contributed by atoms with E-state index in [1.165, 1.54) is 12.1 Å². The van der Waals surface area contributed by atoms with Crippen molar-refractivity contribution >= 4 is 55.9 Å². The van der Waals surface area contributed by atoms with Gasteiger partial charge in [-0.3, -0.25) is 4.79 Å². The highest BCUT2D eigenvalue weighted by Gasteiger charge is 2.14. The molecule has 5 nitrogen and oxygen atoms in total. The number of halogens is 3. The van der Waals surface area contributed by atoms with Gasteiger partial charge in [0.2, 0.25) is 5.01 Å². The molecule has 1 N–H and O–H groups in total. The summed E-state index contributed by atoms with van der Waals surface area (Å²) < 4.78 is 18.9. The molecule has 0 fully saturated rings. The maximum atomic E-state index is 12.9. The third-order valence-corrected chi connectivity index (χ3v) is 5.63. The van der Waals surface area contributed by atoms with E-state index in [1.54, 1.807) is 25.3 Å². The lowest BCUT2D eigenvalue weighted by atomic mass is 10.2. The summed E-state index contributed by atoms with van der Waals surface area (Å²) in [6.07, 6.45) is 1.73. The molecule has 0 aliphatic heterocycles. The second-order valence-corrected chi connectivity index (χ2v) is 7.85. The predicted octanol–water partition coefficient (Wildman–Crippen LogP) is 5.12. The van der Waals surface area contributed by atoms with Crippen LogP contribution in [0, 0.1) is 5.82 Å². The summed E-state index contributed by atoms with van der Waals surface area (Å²) in [7, 11) is 1.59. The lowest BCUT2D eigenvalue weighted by molar-refractivity contribution is 0.0950. The van der Waals surface area contributed by atoms with Crippen molar-refractivity contribution in [1.29, 1.82) is 0 Å². The van der Waals surface area contributed by atoms with Crippen LogP contribution in [0.2, 0.25) is 0 Å². The molecule has 1 aromatic heterocycles. The fourth-order valence-electron chi connectivity index (χ4n) is 2.25. The van der Waals surface area contributed by atoms with Crippen LogP contribution < -0.4 is 10.1 Å². The summed E-state index contributed by atoms with van der Waals surface area (Å²) in [5, 5.41) is 11.6. The Morgan fingerprint density at radius 3 is 2.64 bits per heavy atom. The first kappa shape index (κ1) is 20.4. The summed E-state index contributed by atoms with van der Waals surface area (Å²) in [5.41, 5.74) is 1.62. The van der Waals surface area contributed by atoms with Gasteiger partial charge in [0, 0.05) is 6.54 Å². The molecule has 0 saturated heterocycles. The summed E-state index contributed by atoms with van der Waals surface area (Å²) in [6, 6.07) is 11.4. The van der Waals surface area contributed by atoms with E-state index in [0.717, 1.165) is 26.9 Å². The second kappa shape index (κ2) is 9.27. The van der Waals surface area contributed by atoms with E-state index >= 15 is 0 Å². The lowest BCUT2D eigenvalue weighted by Crippen LogP contribution is -2.22.